The maximum atomic E-state index is 15.0. The molecule has 2 aromatic heterocycles. The lowest BCUT2D eigenvalue weighted by Gasteiger charge is -2.15. The zero-order chi connectivity index (χ0) is 25.1. The van der Waals surface area contributed by atoms with Gasteiger partial charge in [0.1, 0.15) is 23.2 Å². The van der Waals surface area contributed by atoms with Crippen molar-refractivity contribution in [3.63, 3.8) is 0 Å². The SMILES string of the molecule is CCC(=O)c1ccc(F)c([C@H]2C[C@H]2NC(=O)Nc2ccc(Br)cn2)c1OC(=O)c1ccc(N)nc1. The van der Waals surface area contributed by atoms with Crippen molar-refractivity contribution in [3.05, 3.63) is 75.8 Å². The van der Waals surface area contributed by atoms with Crippen LogP contribution in [0.15, 0.2) is 53.3 Å². The highest BCUT2D eigenvalue weighted by Crippen LogP contribution is 2.47. The topological polar surface area (TPSA) is 136 Å². The summed E-state index contributed by atoms with van der Waals surface area (Å²) in [5.41, 5.74) is 5.81. The molecule has 1 fully saturated rings. The van der Waals surface area contributed by atoms with Gasteiger partial charge in [0.05, 0.1) is 11.1 Å². The Balaban J connectivity index is 1.56. The predicted molar refractivity (Wildman–Crippen MR) is 130 cm³/mol. The Bertz CT molecular complexity index is 1280. The summed E-state index contributed by atoms with van der Waals surface area (Å²) in [5.74, 6) is -1.83. The number of esters is 1. The fourth-order valence-electron chi connectivity index (χ4n) is 3.56. The van der Waals surface area contributed by atoms with E-state index in [2.05, 4.69) is 36.5 Å². The van der Waals surface area contributed by atoms with E-state index in [1.807, 2.05) is 0 Å². The second-order valence-electron chi connectivity index (χ2n) is 7.88. The number of carbonyl (C=O) groups is 3. The molecule has 1 saturated carbocycles. The molecule has 180 valence electrons. The van der Waals surface area contributed by atoms with Crippen molar-refractivity contribution in [2.24, 2.45) is 0 Å². The first-order chi connectivity index (χ1) is 16.8. The molecular weight excluding hydrogens is 521 g/mol. The molecule has 9 nitrogen and oxygen atoms in total. The second kappa shape index (κ2) is 10.2. The van der Waals surface area contributed by atoms with Gasteiger partial charge in [0, 0.05) is 40.8 Å². The van der Waals surface area contributed by atoms with E-state index in [0.29, 0.717) is 12.2 Å². The molecule has 2 atom stereocenters. The van der Waals surface area contributed by atoms with Crippen molar-refractivity contribution in [2.75, 3.05) is 11.1 Å². The number of ether oxygens (including phenoxy) is 1. The molecule has 0 spiro atoms. The Morgan fingerprint density at radius 1 is 1.14 bits per heavy atom. The van der Waals surface area contributed by atoms with E-state index in [1.54, 1.807) is 25.3 Å². The first kappa shape index (κ1) is 24.3. The lowest BCUT2D eigenvalue weighted by Crippen LogP contribution is -2.31. The molecule has 0 unspecified atom stereocenters. The Morgan fingerprint density at radius 3 is 2.60 bits per heavy atom. The number of hydrogen-bond acceptors (Lipinski definition) is 7. The minimum atomic E-state index is -0.807. The lowest BCUT2D eigenvalue weighted by atomic mass is 10.00. The molecule has 1 aromatic carbocycles. The zero-order valence-corrected chi connectivity index (χ0v) is 20.1. The van der Waals surface area contributed by atoms with Gasteiger partial charge in [0.25, 0.3) is 0 Å². The number of nitrogens with two attached hydrogens (primary N) is 1. The summed E-state index contributed by atoms with van der Waals surface area (Å²) in [5, 5.41) is 5.36. The molecule has 1 aliphatic rings. The van der Waals surface area contributed by atoms with Gasteiger partial charge in [-0.2, -0.15) is 0 Å². The number of pyridine rings is 2. The van der Waals surface area contributed by atoms with Gasteiger partial charge in [0.2, 0.25) is 0 Å². The molecule has 2 heterocycles. The number of ketones is 1. The number of benzene rings is 1. The number of carbonyl (C=O) groups excluding carboxylic acids is 3. The standard InChI is InChI=1S/C24H21BrFN5O4/c1-2-18(32)14-5-6-16(26)21(22(14)35-23(33)12-3-7-19(27)28-10-12)15-9-17(15)30-24(34)31-20-8-4-13(25)11-29-20/h3-8,10-11,15,17H,2,9H2,1H3,(H2,27,28)(H2,29,30,31,34)/t15-,17+/m0/s1. The Morgan fingerprint density at radius 2 is 1.94 bits per heavy atom. The van der Waals surface area contributed by atoms with Crippen LogP contribution in [-0.2, 0) is 0 Å². The highest BCUT2D eigenvalue weighted by molar-refractivity contribution is 9.10. The molecule has 0 bridgehead atoms. The van der Waals surface area contributed by atoms with E-state index >= 15 is 4.39 Å². The summed E-state index contributed by atoms with van der Waals surface area (Å²) in [4.78, 5) is 45.6. The zero-order valence-electron chi connectivity index (χ0n) is 18.5. The molecule has 4 rings (SSSR count). The van der Waals surface area contributed by atoms with Crippen LogP contribution >= 0.6 is 15.9 Å². The van der Waals surface area contributed by atoms with Crippen molar-refractivity contribution in [2.45, 2.75) is 31.7 Å². The highest BCUT2D eigenvalue weighted by atomic mass is 79.9. The summed E-state index contributed by atoms with van der Waals surface area (Å²) in [6.45, 7) is 1.66. The van der Waals surface area contributed by atoms with Crippen LogP contribution in [0.1, 0.15) is 52.0 Å². The van der Waals surface area contributed by atoms with E-state index in [-0.39, 0.29) is 40.5 Å². The average molecular weight is 542 g/mol. The number of hydrogen-bond donors (Lipinski definition) is 3. The normalized spacial score (nSPS) is 16.3. The van der Waals surface area contributed by atoms with Crippen LogP contribution < -0.4 is 21.1 Å². The number of aromatic nitrogens is 2. The molecule has 0 saturated heterocycles. The predicted octanol–water partition coefficient (Wildman–Crippen LogP) is 4.45. The van der Waals surface area contributed by atoms with E-state index in [1.165, 1.54) is 30.5 Å². The summed E-state index contributed by atoms with van der Waals surface area (Å²) < 4.78 is 21.3. The van der Waals surface area contributed by atoms with Crippen LogP contribution in [0.25, 0.3) is 0 Å². The number of halogens is 2. The molecule has 2 amide bonds. The van der Waals surface area contributed by atoms with E-state index in [9.17, 15) is 14.4 Å². The number of anilines is 2. The van der Waals surface area contributed by atoms with Gasteiger partial charge >= 0.3 is 12.0 Å². The molecule has 0 radical (unpaired) electrons. The molecule has 1 aliphatic carbocycles. The summed E-state index contributed by atoms with van der Waals surface area (Å²) >= 11 is 3.27. The molecule has 11 heteroatoms. The van der Waals surface area contributed by atoms with Crippen LogP contribution in [0, 0.1) is 5.82 Å². The molecular formula is C24H21BrFN5O4. The maximum Gasteiger partial charge on any atom is 0.345 e. The minimum absolute atomic E-state index is 0.0631. The molecule has 0 aliphatic heterocycles. The number of nitrogen functional groups attached to an aromatic ring is 1. The van der Waals surface area contributed by atoms with Gasteiger partial charge < -0.3 is 15.8 Å². The number of nitrogens with one attached hydrogen (secondary N) is 2. The van der Waals surface area contributed by atoms with Gasteiger partial charge in [-0.1, -0.05) is 6.92 Å². The smallest absolute Gasteiger partial charge is 0.345 e. The Hall–Kier alpha value is -3.86. The average Bonchev–Trinajstić information content (AvgIpc) is 3.58. The van der Waals surface area contributed by atoms with Crippen LogP contribution in [0.5, 0.6) is 5.75 Å². The third-order valence-corrected chi connectivity index (χ3v) is 5.90. The summed E-state index contributed by atoms with van der Waals surface area (Å²) in [6, 6.07) is 7.73. The van der Waals surface area contributed by atoms with Gasteiger partial charge in [0.15, 0.2) is 5.78 Å². The first-order valence-electron chi connectivity index (χ1n) is 10.7. The lowest BCUT2D eigenvalue weighted by molar-refractivity contribution is 0.0729. The van der Waals surface area contributed by atoms with E-state index in [0.717, 1.165) is 4.47 Å². The summed E-state index contributed by atoms with van der Waals surface area (Å²) in [6.07, 6.45) is 3.31. The number of nitrogens with zero attached hydrogens (tertiary/aromatic N) is 2. The molecule has 35 heavy (non-hydrogen) atoms. The van der Waals surface area contributed by atoms with E-state index < -0.39 is 29.8 Å². The highest BCUT2D eigenvalue weighted by Gasteiger charge is 2.44. The second-order valence-corrected chi connectivity index (χ2v) is 8.80. The number of amides is 2. The van der Waals surface area contributed by atoms with E-state index in [4.69, 9.17) is 10.5 Å². The fourth-order valence-corrected chi connectivity index (χ4v) is 3.80. The molecule has 4 N–H and O–H groups in total. The summed E-state index contributed by atoms with van der Waals surface area (Å²) in [7, 11) is 0. The third-order valence-electron chi connectivity index (χ3n) is 5.43. The van der Waals surface area contributed by atoms with Crippen molar-refractivity contribution in [1.29, 1.82) is 0 Å². The first-order valence-corrected chi connectivity index (χ1v) is 11.5. The quantitative estimate of drug-likeness (QED) is 0.228. The van der Waals surface area contributed by atoms with Crippen LogP contribution in [0.3, 0.4) is 0 Å². The van der Waals surface area contributed by atoms with Crippen LogP contribution in [-0.4, -0.2) is 33.8 Å². The van der Waals surface area contributed by atoms with Gasteiger partial charge in [-0.25, -0.2) is 23.9 Å². The minimum Gasteiger partial charge on any atom is -0.422 e. The van der Waals surface area contributed by atoms with Crippen molar-refractivity contribution in [3.8, 4) is 5.75 Å². The van der Waals surface area contributed by atoms with Gasteiger partial charge in [-0.05, 0) is 58.7 Å². The fraction of sp³-hybridized carbons (Fsp3) is 0.208. The maximum absolute atomic E-state index is 15.0. The monoisotopic (exact) mass is 541 g/mol. The Kier molecular flexibility index (Phi) is 7.06. The largest absolute Gasteiger partial charge is 0.422 e. The molecule has 3 aromatic rings. The number of Topliss-reactive ketones (excluding diaryl/α,β-unsaturated/α-hetero) is 1. The van der Waals surface area contributed by atoms with Gasteiger partial charge in [-0.3, -0.25) is 10.1 Å². The number of rotatable bonds is 7. The van der Waals surface area contributed by atoms with Crippen molar-refractivity contribution in [1.82, 2.24) is 15.3 Å². The van der Waals surface area contributed by atoms with Crippen LogP contribution in [0.4, 0.5) is 20.8 Å². The van der Waals surface area contributed by atoms with Crippen molar-refractivity contribution < 1.29 is 23.5 Å². The van der Waals surface area contributed by atoms with Crippen LogP contribution in [0.2, 0.25) is 0 Å². The number of urea groups is 1. The van der Waals surface area contributed by atoms with Gasteiger partial charge in [-0.15, -0.1) is 0 Å². The Labute approximate surface area is 208 Å². The third kappa shape index (κ3) is 5.62. The van der Waals surface area contributed by atoms with Crippen molar-refractivity contribution >= 4 is 45.3 Å².